The van der Waals surface area contributed by atoms with Crippen LogP contribution in [0.3, 0.4) is 0 Å². The topological polar surface area (TPSA) is 126 Å². The molecule has 1 amide bonds. The molecule has 4 heterocycles. The van der Waals surface area contributed by atoms with Crippen molar-refractivity contribution in [3.8, 4) is 11.5 Å². The van der Waals surface area contributed by atoms with Gasteiger partial charge in [0.15, 0.2) is 10.9 Å². The van der Waals surface area contributed by atoms with E-state index >= 15 is 0 Å². The van der Waals surface area contributed by atoms with Crippen LogP contribution in [-0.2, 0) is 22.5 Å². The average Bonchev–Trinajstić information content (AvgIpc) is 3.60. The summed E-state index contributed by atoms with van der Waals surface area (Å²) < 4.78 is 18.7. The van der Waals surface area contributed by atoms with Crippen molar-refractivity contribution < 1.29 is 28.6 Å². The first kappa shape index (κ1) is 37.9. The molecule has 2 aromatic heterocycles. The van der Waals surface area contributed by atoms with E-state index in [0.717, 1.165) is 40.1 Å². The third-order valence-corrected chi connectivity index (χ3v) is 11.2. The van der Waals surface area contributed by atoms with Gasteiger partial charge in [-0.15, -0.1) is 0 Å². The second-order valence-corrected chi connectivity index (χ2v) is 15.0. The minimum atomic E-state index is -0.570. The summed E-state index contributed by atoms with van der Waals surface area (Å²) in [5.41, 5.74) is 5.05. The lowest BCUT2D eigenvalue weighted by atomic mass is 9.94. The summed E-state index contributed by atoms with van der Waals surface area (Å²) in [6.45, 7) is 12.4. The number of hydrogen-bond acceptors (Lipinski definition) is 12. The molecule has 0 aliphatic carbocycles. The first-order valence-electron chi connectivity index (χ1n) is 18.7. The molecule has 2 aliphatic heterocycles. The summed E-state index contributed by atoms with van der Waals surface area (Å²) in [5, 5.41) is 3.57. The van der Waals surface area contributed by atoms with E-state index in [2.05, 4.69) is 49.9 Å². The number of piperazine rings is 1. The SMILES string of the molecule is CCOC(=O)CN1[C@H](C)CN(CCOc2ccc(N3CCc4cccc(C(=O)Nc5nc6ccccc6s5)c4C3)c(OC(=O)c3ccccn3)c2C)C[C@@H]1C. The molecular weight excluding hydrogens is 717 g/mol. The monoisotopic (exact) mass is 762 g/mol. The van der Waals surface area contributed by atoms with Crippen LogP contribution >= 0.6 is 11.3 Å². The third kappa shape index (κ3) is 8.64. The van der Waals surface area contributed by atoms with Crippen LogP contribution in [0.15, 0.2) is 79.0 Å². The number of nitrogens with zero attached hydrogens (tertiary/aromatic N) is 5. The number of carbonyl (C=O) groups excluding carboxylic acids is 3. The molecule has 2 aliphatic rings. The zero-order valence-electron chi connectivity index (χ0n) is 31.6. The molecule has 0 spiro atoms. The van der Waals surface area contributed by atoms with Crippen LogP contribution in [0, 0.1) is 6.92 Å². The number of nitrogens with one attached hydrogen (secondary N) is 1. The molecule has 7 rings (SSSR count). The van der Waals surface area contributed by atoms with Crippen molar-refractivity contribution in [1.29, 1.82) is 0 Å². The molecule has 13 heteroatoms. The molecule has 55 heavy (non-hydrogen) atoms. The van der Waals surface area contributed by atoms with Gasteiger partial charge in [0.25, 0.3) is 5.91 Å². The van der Waals surface area contributed by atoms with Gasteiger partial charge in [0, 0.05) is 62.1 Å². The predicted molar refractivity (Wildman–Crippen MR) is 213 cm³/mol. The summed E-state index contributed by atoms with van der Waals surface area (Å²) in [5.74, 6) is 0.0188. The van der Waals surface area contributed by atoms with Gasteiger partial charge in [-0.3, -0.25) is 24.7 Å². The highest BCUT2D eigenvalue weighted by Crippen LogP contribution is 2.40. The van der Waals surface area contributed by atoms with Crippen molar-refractivity contribution in [2.75, 3.05) is 56.2 Å². The summed E-state index contributed by atoms with van der Waals surface area (Å²) in [6, 6.07) is 23.0. The number of pyridine rings is 1. The zero-order valence-corrected chi connectivity index (χ0v) is 32.4. The molecule has 2 atom stereocenters. The minimum Gasteiger partial charge on any atom is -0.492 e. The lowest BCUT2D eigenvalue weighted by Gasteiger charge is -2.43. The number of para-hydroxylation sites is 1. The standard InChI is InChI=1S/C42H46N6O6S/c1-5-52-38(49)26-48-27(2)23-46(24-28(48)3)21-22-53-36-17-16-35(39(29(36)4)54-41(51)34-14-8-9-19-43-34)47-20-18-30-11-10-12-31(32(30)25-47)40(50)45-42-44-33-13-6-7-15-37(33)55-42/h6-17,19,27-28H,5,18,20-26H2,1-4H3,(H,44,45,50)/t27-,28+. The van der Waals surface area contributed by atoms with Crippen LogP contribution in [0.1, 0.15) is 58.3 Å². The van der Waals surface area contributed by atoms with E-state index in [1.165, 1.54) is 11.3 Å². The molecule has 0 radical (unpaired) electrons. The maximum Gasteiger partial charge on any atom is 0.362 e. The summed E-state index contributed by atoms with van der Waals surface area (Å²) in [6.07, 6.45) is 2.26. The highest BCUT2D eigenvalue weighted by Gasteiger charge is 2.31. The Morgan fingerprint density at radius 2 is 1.76 bits per heavy atom. The largest absolute Gasteiger partial charge is 0.492 e. The number of aromatic nitrogens is 2. The van der Waals surface area contributed by atoms with Gasteiger partial charge in [-0.2, -0.15) is 0 Å². The smallest absolute Gasteiger partial charge is 0.362 e. The Morgan fingerprint density at radius 3 is 2.53 bits per heavy atom. The fourth-order valence-electron chi connectivity index (χ4n) is 7.51. The number of carbonyl (C=O) groups is 3. The number of hydrogen-bond donors (Lipinski definition) is 1. The zero-order chi connectivity index (χ0) is 38.5. The Balaban J connectivity index is 1.09. The van der Waals surface area contributed by atoms with E-state index in [4.69, 9.17) is 14.2 Å². The fourth-order valence-corrected chi connectivity index (χ4v) is 8.37. The van der Waals surface area contributed by atoms with Crippen molar-refractivity contribution in [3.63, 3.8) is 0 Å². The molecule has 3 aromatic carbocycles. The van der Waals surface area contributed by atoms with Crippen molar-refractivity contribution in [1.82, 2.24) is 19.8 Å². The summed E-state index contributed by atoms with van der Waals surface area (Å²) >= 11 is 1.44. The second-order valence-electron chi connectivity index (χ2n) is 14.0. The second kappa shape index (κ2) is 17.0. The maximum atomic E-state index is 13.7. The average molecular weight is 763 g/mol. The Labute approximate surface area is 325 Å². The Morgan fingerprint density at radius 1 is 0.964 bits per heavy atom. The number of amides is 1. The van der Waals surface area contributed by atoms with Crippen molar-refractivity contribution >= 4 is 50.2 Å². The molecule has 1 saturated heterocycles. The Hall–Kier alpha value is -5.37. The molecular formula is C42H46N6O6S. The van der Waals surface area contributed by atoms with Crippen molar-refractivity contribution in [3.05, 3.63) is 107 Å². The predicted octanol–water partition coefficient (Wildman–Crippen LogP) is 6.37. The number of ether oxygens (including phenoxy) is 3. The number of anilines is 2. The van der Waals surface area contributed by atoms with Crippen molar-refractivity contribution in [2.24, 2.45) is 0 Å². The minimum absolute atomic E-state index is 0.181. The number of rotatable bonds is 12. The normalized spacial score (nSPS) is 17.4. The summed E-state index contributed by atoms with van der Waals surface area (Å²) in [7, 11) is 0. The van der Waals surface area contributed by atoms with Crippen LogP contribution < -0.4 is 19.7 Å². The Bertz CT molecular complexity index is 2130. The molecule has 0 unspecified atom stereocenters. The van der Waals surface area contributed by atoms with E-state index in [1.807, 2.05) is 62.4 Å². The first-order valence-corrected chi connectivity index (χ1v) is 19.6. The first-order chi connectivity index (χ1) is 26.7. The van der Waals surface area contributed by atoms with E-state index in [-0.39, 0.29) is 36.2 Å². The maximum absolute atomic E-state index is 13.7. The molecule has 0 bridgehead atoms. The van der Waals surface area contributed by atoms with Crippen molar-refractivity contribution in [2.45, 2.75) is 52.7 Å². The highest BCUT2D eigenvalue weighted by atomic mass is 32.1. The molecule has 1 fully saturated rings. The number of benzene rings is 3. The van der Waals surface area contributed by atoms with Crippen LogP contribution in [0.25, 0.3) is 10.2 Å². The van der Waals surface area contributed by atoms with E-state index in [9.17, 15) is 14.4 Å². The van der Waals surface area contributed by atoms with Gasteiger partial charge in [0.05, 0.1) is 29.1 Å². The van der Waals surface area contributed by atoms with Gasteiger partial charge in [0.1, 0.15) is 18.1 Å². The molecule has 5 aromatic rings. The molecule has 286 valence electrons. The molecule has 0 saturated carbocycles. The number of esters is 2. The third-order valence-electron chi connectivity index (χ3n) is 10.2. The van der Waals surface area contributed by atoms with Gasteiger partial charge < -0.3 is 19.1 Å². The van der Waals surface area contributed by atoms with Gasteiger partial charge in [-0.1, -0.05) is 41.7 Å². The molecule has 12 nitrogen and oxygen atoms in total. The summed E-state index contributed by atoms with van der Waals surface area (Å²) in [4.78, 5) is 54.9. The number of thiazole rings is 1. The lowest BCUT2D eigenvalue weighted by Crippen LogP contribution is -2.58. The van der Waals surface area contributed by atoms with Crippen LogP contribution in [-0.4, -0.2) is 95.6 Å². The quantitative estimate of drug-likeness (QED) is 0.113. The fraction of sp³-hybridized carbons (Fsp3) is 0.357. The van der Waals surface area contributed by atoms with E-state index in [1.54, 1.807) is 24.4 Å². The van der Waals surface area contributed by atoms with E-state index < -0.39 is 5.97 Å². The van der Waals surface area contributed by atoms with E-state index in [0.29, 0.717) is 67.0 Å². The van der Waals surface area contributed by atoms with Crippen LogP contribution in [0.2, 0.25) is 0 Å². The lowest BCUT2D eigenvalue weighted by molar-refractivity contribution is -0.146. The van der Waals surface area contributed by atoms with Gasteiger partial charge in [-0.25, -0.2) is 14.8 Å². The molecule has 1 N–H and O–H groups in total. The number of fused-ring (bicyclic) bond motifs is 2. The van der Waals surface area contributed by atoms with Gasteiger partial charge in [-0.05, 0) is 87.7 Å². The Kier molecular flexibility index (Phi) is 11.7. The van der Waals surface area contributed by atoms with Crippen LogP contribution in [0.4, 0.5) is 10.8 Å². The van der Waals surface area contributed by atoms with Gasteiger partial charge >= 0.3 is 11.9 Å². The van der Waals surface area contributed by atoms with Gasteiger partial charge in [0.2, 0.25) is 0 Å². The van der Waals surface area contributed by atoms with Crippen LogP contribution in [0.5, 0.6) is 11.5 Å². The highest BCUT2D eigenvalue weighted by molar-refractivity contribution is 7.22.